The molecule has 1 unspecified atom stereocenters. The Hall–Kier alpha value is -2.67. The normalized spacial score (nSPS) is 19.4. The van der Waals surface area contributed by atoms with Gasteiger partial charge in [0.25, 0.3) is 5.91 Å². The summed E-state index contributed by atoms with van der Waals surface area (Å²) in [6, 6.07) is 9.74. The Bertz CT molecular complexity index is 777. The Balaban J connectivity index is 1.35. The molecule has 1 N–H and O–H groups in total. The van der Waals surface area contributed by atoms with Crippen LogP contribution < -0.4 is 15.0 Å². The van der Waals surface area contributed by atoms with Crippen LogP contribution in [0.3, 0.4) is 0 Å². The molecule has 0 radical (unpaired) electrons. The second kappa shape index (κ2) is 7.70. The molecule has 1 amide bonds. The lowest BCUT2D eigenvalue weighted by molar-refractivity contribution is -0.128. The number of carbonyl (C=O) groups excluding carboxylic acids is 1. The number of fused-ring (bicyclic) bond motifs is 1. The van der Waals surface area contributed by atoms with Gasteiger partial charge in [-0.15, -0.1) is 0 Å². The van der Waals surface area contributed by atoms with Crippen molar-refractivity contribution < 1.29 is 14.3 Å². The molecule has 2 aliphatic heterocycles. The maximum atomic E-state index is 12.4. The third-order valence-electron chi connectivity index (χ3n) is 4.66. The van der Waals surface area contributed by atoms with E-state index in [9.17, 15) is 4.79 Å². The molecule has 0 aliphatic carbocycles. The molecule has 2 aromatic rings. The number of morpholine rings is 1. The zero-order valence-electron chi connectivity index (χ0n) is 14.6. The fraction of sp³-hybridized carbons (Fsp3) is 0.421. The molecule has 7 nitrogen and oxygen atoms in total. The van der Waals surface area contributed by atoms with Gasteiger partial charge < -0.3 is 19.7 Å². The largest absolute Gasteiger partial charge is 0.480 e. The van der Waals surface area contributed by atoms with Crippen LogP contribution in [0.5, 0.6) is 5.75 Å². The number of hydrogen-bond donors (Lipinski definition) is 1. The van der Waals surface area contributed by atoms with Crippen molar-refractivity contribution in [3.63, 3.8) is 0 Å². The van der Waals surface area contributed by atoms with E-state index in [0.29, 0.717) is 32.0 Å². The van der Waals surface area contributed by atoms with Gasteiger partial charge in [0.15, 0.2) is 6.10 Å². The molecule has 7 heteroatoms. The Labute approximate surface area is 152 Å². The van der Waals surface area contributed by atoms with Crippen molar-refractivity contribution in [2.24, 2.45) is 0 Å². The van der Waals surface area contributed by atoms with E-state index in [1.807, 2.05) is 30.3 Å². The van der Waals surface area contributed by atoms with Gasteiger partial charge in [0, 0.05) is 19.3 Å². The highest BCUT2D eigenvalue weighted by Crippen LogP contribution is 2.27. The van der Waals surface area contributed by atoms with Crippen molar-refractivity contribution in [1.82, 2.24) is 15.3 Å². The van der Waals surface area contributed by atoms with E-state index >= 15 is 0 Å². The SMILES string of the molecule is O=C(NCc1nccc(N2CCOCC2)n1)C1CCc2ccccc2O1. The number of ether oxygens (including phenoxy) is 2. The van der Waals surface area contributed by atoms with Gasteiger partial charge >= 0.3 is 0 Å². The summed E-state index contributed by atoms with van der Waals surface area (Å²) < 4.78 is 11.2. The van der Waals surface area contributed by atoms with Crippen molar-refractivity contribution in [2.75, 3.05) is 31.2 Å². The minimum Gasteiger partial charge on any atom is -0.480 e. The molecule has 1 aromatic carbocycles. The van der Waals surface area contributed by atoms with Gasteiger partial charge in [0.1, 0.15) is 17.4 Å². The number of aryl methyl sites for hydroxylation is 1. The van der Waals surface area contributed by atoms with Crippen molar-refractivity contribution in [3.05, 3.63) is 47.9 Å². The van der Waals surface area contributed by atoms with Crippen LogP contribution >= 0.6 is 0 Å². The summed E-state index contributed by atoms with van der Waals surface area (Å²) in [5.74, 6) is 2.14. The van der Waals surface area contributed by atoms with Gasteiger partial charge in [-0.25, -0.2) is 9.97 Å². The number of rotatable bonds is 4. The zero-order chi connectivity index (χ0) is 17.8. The summed E-state index contributed by atoms with van der Waals surface area (Å²) in [7, 11) is 0. The van der Waals surface area contributed by atoms with Crippen LogP contribution in [0.4, 0.5) is 5.82 Å². The molecule has 1 atom stereocenters. The van der Waals surface area contributed by atoms with Crippen LogP contribution in [0, 0.1) is 0 Å². The Morgan fingerprint density at radius 3 is 2.96 bits per heavy atom. The highest BCUT2D eigenvalue weighted by atomic mass is 16.5. The lowest BCUT2D eigenvalue weighted by atomic mass is 10.0. The first kappa shape index (κ1) is 16.8. The third-order valence-corrected chi connectivity index (χ3v) is 4.66. The minimum atomic E-state index is -0.465. The van der Waals surface area contributed by atoms with E-state index in [1.165, 1.54) is 0 Å². The van der Waals surface area contributed by atoms with E-state index in [0.717, 1.165) is 36.6 Å². The van der Waals surface area contributed by atoms with Gasteiger partial charge in [-0.05, 0) is 30.5 Å². The topological polar surface area (TPSA) is 76.6 Å². The third kappa shape index (κ3) is 3.77. The van der Waals surface area contributed by atoms with E-state index in [2.05, 4.69) is 20.2 Å². The second-order valence-corrected chi connectivity index (χ2v) is 6.40. The predicted molar refractivity (Wildman–Crippen MR) is 96.1 cm³/mol. The molecule has 0 saturated carbocycles. The summed E-state index contributed by atoms with van der Waals surface area (Å²) >= 11 is 0. The van der Waals surface area contributed by atoms with Gasteiger partial charge in [0.2, 0.25) is 0 Å². The molecule has 3 heterocycles. The fourth-order valence-electron chi connectivity index (χ4n) is 3.23. The van der Waals surface area contributed by atoms with Crippen molar-refractivity contribution >= 4 is 11.7 Å². The smallest absolute Gasteiger partial charge is 0.261 e. The van der Waals surface area contributed by atoms with Crippen molar-refractivity contribution in [3.8, 4) is 5.75 Å². The van der Waals surface area contributed by atoms with Crippen molar-refractivity contribution in [1.29, 1.82) is 0 Å². The van der Waals surface area contributed by atoms with Crippen molar-refractivity contribution in [2.45, 2.75) is 25.5 Å². The van der Waals surface area contributed by atoms with Gasteiger partial charge in [-0.3, -0.25) is 4.79 Å². The zero-order valence-corrected chi connectivity index (χ0v) is 14.6. The second-order valence-electron chi connectivity index (χ2n) is 6.40. The van der Waals surface area contributed by atoms with Crippen LogP contribution in [-0.2, 0) is 22.5 Å². The monoisotopic (exact) mass is 354 g/mol. The standard InChI is InChI=1S/C19H22N4O3/c24-19(16-6-5-14-3-1-2-4-15(14)26-16)21-13-17-20-8-7-18(22-17)23-9-11-25-12-10-23/h1-4,7-8,16H,5-6,9-13H2,(H,21,24). The first-order valence-corrected chi connectivity index (χ1v) is 8.96. The number of aromatic nitrogens is 2. The first-order valence-electron chi connectivity index (χ1n) is 8.96. The fourth-order valence-corrected chi connectivity index (χ4v) is 3.23. The maximum Gasteiger partial charge on any atom is 0.261 e. The summed E-state index contributed by atoms with van der Waals surface area (Å²) in [5.41, 5.74) is 1.15. The number of nitrogens with zero attached hydrogens (tertiary/aromatic N) is 3. The van der Waals surface area contributed by atoms with Gasteiger partial charge in [-0.2, -0.15) is 0 Å². The average Bonchev–Trinajstić information content (AvgIpc) is 2.72. The molecule has 0 spiro atoms. The van der Waals surface area contributed by atoms with E-state index in [1.54, 1.807) is 6.20 Å². The summed E-state index contributed by atoms with van der Waals surface area (Å²) in [5, 5.41) is 2.90. The number of carbonyl (C=O) groups is 1. The van der Waals surface area contributed by atoms with Crippen LogP contribution in [0.2, 0.25) is 0 Å². The quantitative estimate of drug-likeness (QED) is 0.893. The Morgan fingerprint density at radius 1 is 1.23 bits per heavy atom. The minimum absolute atomic E-state index is 0.125. The summed E-state index contributed by atoms with van der Waals surface area (Å²) in [6.07, 6.45) is 2.79. The lowest BCUT2D eigenvalue weighted by Crippen LogP contribution is -2.40. The van der Waals surface area contributed by atoms with Crippen LogP contribution in [0.1, 0.15) is 17.8 Å². The van der Waals surface area contributed by atoms with Crippen LogP contribution in [0.25, 0.3) is 0 Å². The number of anilines is 1. The Kier molecular flexibility index (Phi) is 4.97. The number of benzene rings is 1. The number of para-hydroxylation sites is 1. The van der Waals surface area contributed by atoms with E-state index in [4.69, 9.17) is 9.47 Å². The van der Waals surface area contributed by atoms with E-state index < -0.39 is 6.10 Å². The lowest BCUT2D eigenvalue weighted by Gasteiger charge is -2.28. The number of nitrogens with one attached hydrogen (secondary N) is 1. The molecule has 1 aromatic heterocycles. The highest BCUT2D eigenvalue weighted by Gasteiger charge is 2.25. The number of hydrogen-bond acceptors (Lipinski definition) is 6. The number of amides is 1. The molecule has 26 heavy (non-hydrogen) atoms. The van der Waals surface area contributed by atoms with E-state index in [-0.39, 0.29) is 5.91 Å². The summed E-state index contributed by atoms with van der Waals surface area (Å²) in [6.45, 7) is 3.34. The van der Waals surface area contributed by atoms with Crippen LogP contribution in [0.15, 0.2) is 36.5 Å². The maximum absolute atomic E-state index is 12.4. The molecular weight excluding hydrogens is 332 g/mol. The average molecular weight is 354 g/mol. The molecule has 1 fully saturated rings. The molecule has 2 aliphatic rings. The summed E-state index contributed by atoms with van der Waals surface area (Å²) in [4.78, 5) is 23.4. The molecule has 1 saturated heterocycles. The Morgan fingerprint density at radius 2 is 2.08 bits per heavy atom. The first-order chi connectivity index (χ1) is 12.8. The highest BCUT2D eigenvalue weighted by molar-refractivity contribution is 5.81. The molecule has 0 bridgehead atoms. The predicted octanol–water partition coefficient (Wildman–Crippen LogP) is 1.32. The molecule has 136 valence electrons. The molecule has 4 rings (SSSR count). The molecular formula is C19H22N4O3. The van der Waals surface area contributed by atoms with Crippen LogP contribution in [-0.4, -0.2) is 48.3 Å². The van der Waals surface area contributed by atoms with Gasteiger partial charge in [-0.1, -0.05) is 18.2 Å². The van der Waals surface area contributed by atoms with Gasteiger partial charge in [0.05, 0.1) is 19.8 Å².